The lowest BCUT2D eigenvalue weighted by Crippen LogP contribution is -2.21. The van der Waals surface area contributed by atoms with Crippen LogP contribution < -0.4 is 10.6 Å². The van der Waals surface area contributed by atoms with Crippen LogP contribution in [0.2, 0.25) is 0 Å². The molecular formula is C33H26N2O12. The Labute approximate surface area is 265 Å². The molecule has 0 aromatic heterocycles. The molecule has 0 aliphatic rings. The fourth-order valence-electron chi connectivity index (χ4n) is 4.70. The first-order chi connectivity index (χ1) is 22.0. The van der Waals surface area contributed by atoms with Crippen LogP contribution in [0.15, 0.2) is 72.8 Å². The van der Waals surface area contributed by atoms with E-state index in [1.165, 1.54) is 24.3 Å². The Morgan fingerprint density at radius 2 is 0.830 bits per heavy atom. The fraction of sp³-hybridized carbons (Fsp3) is 0.0909. The van der Waals surface area contributed by atoms with Gasteiger partial charge in [0.1, 0.15) is 11.5 Å². The van der Waals surface area contributed by atoms with Crippen molar-refractivity contribution in [2.24, 2.45) is 0 Å². The molecule has 4 aromatic carbocycles. The predicted octanol–water partition coefficient (Wildman–Crippen LogP) is 4.72. The van der Waals surface area contributed by atoms with Crippen molar-refractivity contribution in [1.29, 1.82) is 0 Å². The van der Waals surface area contributed by atoms with Crippen LogP contribution in [0.3, 0.4) is 0 Å². The standard InChI is InChI=1S/C33H26N2O12/c1-33(2,17-5-9-25(36)23(13-17)34-27(38)15-3-7-19(29(40)41)21(11-15)31(44)45)18-6-10-26(37)24(14-18)35-28(39)16-4-8-20(30(42)43)22(12-16)32(46)47/h3-14,36-37H,1-2H3,(H,34,38)(H,35,39)(H,40,41)(H,42,43)(H,44,45)(H,46,47). The Balaban J connectivity index is 1.62. The minimum absolute atomic E-state index is 0.0499. The molecule has 240 valence electrons. The number of aromatic carboxylic acids is 4. The molecule has 47 heavy (non-hydrogen) atoms. The molecule has 0 saturated heterocycles. The Morgan fingerprint density at radius 1 is 0.489 bits per heavy atom. The van der Waals surface area contributed by atoms with Gasteiger partial charge in [0.15, 0.2) is 0 Å². The Bertz CT molecular complexity index is 1860. The highest BCUT2D eigenvalue weighted by Gasteiger charge is 2.27. The molecule has 8 N–H and O–H groups in total. The molecule has 0 unspecified atom stereocenters. The van der Waals surface area contributed by atoms with Crippen molar-refractivity contribution in [3.05, 3.63) is 117 Å². The number of nitrogens with one attached hydrogen (secondary N) is 2. The van der Waals surface area contributed by atoms with Gasteiger partial charge in [-0.3, -0.25) is 9.59 Å². The van der Waals surface area contributed by atoms with Gasteiger partial charge in [0, 0.05) is 16.5 Å². The van der Waals surface area contributed by atoms with Crippen LogP contribution in [0.5, 0.6) is 11.5 Å². The Morgan fingerprint density at radius 3 is 1.15 bits per heavy atom. The molecule has 0 aliphatic heterocycles. The van der Waals surface area contributed by atoms with Crippen LogP contribution in [0.1, 0.15) is 87.1 Å². The van der Waals surface area contributed by atoms with Crippen molar-refractivity contribution in [2.75, 3.05) is 10.6 Å². The van der Waals surface area contributed by atoms with E-state index in [0.717, 1.165) is 36.4 Å². The minimum atomic E-state index is -1.55. The number of hydrogen-bond acceptors (Lipinski definition) is 8. The molecular weight excluding hydrogens is 616 g/mol. The van der Waals surface area contributed by atoms with Gasteiger partial charge in [0.2, 0.25) is 0 Å². The average Bonchev–Trinajstić information content (AvgIpc) is 3.02. The lowest BCUT2D eigenvalue weighted by Gasteiger charge is -2.28. The summed E-state index contributed by atoms with van der Waals surface area (Å²) in [5, 5.41) is 63.1. The number of amides is 2. The largest absolute Gasteiger partial charge is 0.506 e. The third-order valence-electron chi connectivity index (χ3n) is 7.42. The van der Waals surface area contributed by atoms with Gasteiger partial charge in [0.25, 0.3) is 11.8 Å². The first-order valence-corrected chi connectivity index (χ1v) is 13.5. The quantitative estimate of drug-likeness (QED) is 0.109. The summed E-state index contributed by atoms with van der Waals surface area (Å²) in [4.78, 5) is 71.7. The van der Waals surface area contributed by atoms with E-state index >= 15 is 0 Å². The Kier molecular flexibility index (Phi) is 8.99. The molecule has 0 heterocycles. The van der Waals surface area contributed by atoms with Crippen LogP contribution in [0.25, 0.3) is 0 Å². The first-order valence-electron chi connectivity index (χ1n) is 13.5. The molecule has 0 saturated carbocycles. The molecule has 4 aromatic rings. The zero-order valence-corrected chi connectivity index (χ0v) is 24.6. The number of anilines is 2. The minimum Gasteiger partial charge on any atom is -0.506 e. The van der Waals surface area contributed by atoms with Gasteiger partial charge in [0.05, 0.1) is 33.6 Å². The maximum Gasteiger partial charge on any atom is 0.336 e. The summed E-state index contributed by atoms with van der Waals surface area (Å²) in [6, 6.07) is 14.7. The number of benzene rings is 4. The van der Waals surface area contributed by atoms with Crippen LogP contribution in [0.4, 0.5) is 11.4 Å². The van der Waals surface area contributed by atoms with Crippen molar-refractivity contribution >= 4 is 47.1 Å². The van der Waals surface area contributed by atoms with Crippen LogP contribution in [0, 0.1) is 0 Å². The second kappa shape index (κ2) is 12.7. The lowest BCUT2D eigenvalue weighted by atomic mass is 9.77. The normalized spacial score (nSPS) is 10.9. The highest BCUT2D eigenvalue weighted by molar-refractivity contribution is 6.10. The number of carbonyl (C=O) groups excluding carboxylic acids is 2. The highest BCUT2D eigenvalue weighted by Crippen LogP contribution is 2.38. The molecule has 2 amide bonds. The smallest absolute Gasteiger partial charge is 0.336 e. The maximum atomic E-state index is 13.0. The first kappa shape index (κ1) is 33.2. The van der Waals surface area contributed by atoms with E-state index < -0.39 is 63.4 Å². The number of phenolic OH excluding ortho intramolecular Hbond substituents is 2. The third-order valence-corrected chi connectivity index (χ3v) is 7.42. The van der Waals surface area contributed by atoms with E-state index in [4.69, 9.17) is 0 Å². The van der Waals surface area contributed by atoms with Gasteiger partial charge in [-0.05, 0) is 71.8 Å². The number of carboxylic acids is 4. The van der Waals surface area contributed by atoms with Crippen molar-refractivity contribution in [3.8, 4) is 11.5 Å². The number of phenols is 2. The van der Waals surface area contributed by atoms with Crippen LogP contribution in [-0.4, -0.2) is 66.3 Å². The molecule has 14 heteroatoms. The van der Waals surface area contributed by atoms with E-state index in [1.54, 1.807) is 26.0 Å². The van der Waals surface area contributed by atoms with E-state index in [1.807, 2.05) is 0 Å². The summed E-state index contributed by atoms with van der Waals surface area (Å²) in [6.07, 6.45) is 0. The summed E-state index contributed by atoms with van der Waals surface area (Å²) in [7, 11) is 0. The summed E-state index contributed by atoms with van der Waals surface area (Å²) >= 11 is 0. The molecule has 4 rings (SSSR count). The van der Waals surface area contributed by atoms with Crippen LogP contribution >= 0.6 is 0 Å². The summed E-state index contributed by atoms with van der Waals surface area (Å²) in [5.74, 6) is -8.37. The number of hydrogen-bond donors (Lipinski definition) is 8. The number of carbonyl (C=O) groups is 6. The third kappa shape index (κ3) is 6.86. The molecule has 0 fully saturated rings. The monoisotopic (exact) mass is 642 g/mol. The second-order valence-corrected chi connectivity index (χ2v) is 10.7. The topological polar surface area (TPSA) is 248 Å². The van der Waals surface area contributed by atoms with Gasteiger partial charge >= 0.3 is 23.9 Å². The van der Waals surface area contributed by atoms with E-state index in [9.17, 15) is 59.4 Å². The Hall–Kier alpha value is -6.70. The van der Waals surface area contributed by atoms with E-state index in [0.29, 0.717) is 11.1 Å². The molecule has 0 bridgehead atoms. The summed E-state index contributed by atoms with van der Waals surface area (Å²) < 4.78 is 0. The lowest BCUT2D eigenvalue weighted by molar-refractivity contribution is 0.0651. The van der Waals surface area contributed by atoms with Crippen molar-refractivity contribution < 1.29 is 59.4 Å². The SMILES string of the molecule is CC(C)(c1ccc(O)c(NC(=O)c2ccc(C(=O)O)c(C(=O)O)c2)c1)c1ccc(O)c(NC(=O)c2ccc(C(=O)O)c(C(=O)O)c2)c1. The number of carboxylic acid groups (broad SMARTS) is 4. The number of rotatable bonds is 10. The maximum absolute atomic E-state index is 13.0. The van der Waals surface area contributed by atoms with Crippen molar-refractivity contribution in [1.82, 2.24) is 0 Å². The predicted molar refractivity (Wildman–Crippen MR) is 165 cm³/mol. The summed E-state index contributed by atoms with van der Waals surface area (Å²) in [5.41, 5.74) is -2.49. The van der Waals surface area contributed by atoms with E-state index in [-0.39, 0.29) is 34.0 Å². The van der Waals surface area contributed by atoms with Gasteiger partial charge < -0.3 is 41.3 Å². The highest BCUT2D eigenvalue weighted by atomic mass is 16.4. The zero-order chi connectivity index (χ0) is 34.8. The second-order valence-electron chi connectivity index (χ2n) is 10.7. The van der Waals surface area contributed by atoms with Crippen molar-refractivity contribution in [3.63, 3.8) is 0 Å². The van der Waals surface area contributed by atoms with E-state index in [2.05, 4.69) is 10.6 Å². The molecule has 0 aliphatic carbocycles. The van der Waals surface area contributed by atoms with Gasteiger partial charge in [-0.25, -0.2) is 19.2 Å². The molecule has 0 atom stereocenters. The van der Waals surface area contributed by atoms with Crippen LogP contribution in [-0.2, 0) is 5.41 Å². The fourth-order valence-corrected chi connectivity index (χ4v) is 4.70. The van der Waals surface area contributed by atoms with Gasteiger partial charge in [-0.1, -0.05) is 26.0 Å². The van der Waals surface area contributed by atoms with Gasteiger partial charge in [-0.15, -0.1) is 0 Å². The number of aromatic hydroxyl groups is 2. The van der Waals surface area contributed by atoms with Gasteiger partial charge in [-0.2, -0.15) is 0 Å². The summed E-state index contributed by atoms with van der Waals surface area (Å²) in [6.45, 7) is 3.55. The van der Waals surface area contributed by atoms with Crippen molar-refractivity contribution in [2.45, 2.75) is 19.3 Å². The average molecular weight is 643 g/mol. The zero-order valence-electron chi connectivity index (χ0n) is 24.6. The molecule has 0 radical (unpaired) electrons. The molecule has 14 nitrogen and oxygen atoms in total. The molecule has 0 spiro atoms.